The first-order valence-electron chi connectivity index (χ1n) is 10.5. The molecule has 8 heteroatoms. The summed E-state index contributed by atoms with van der Waals surface area (Å²) in [5.74, 6) is -0.623. The fourth-order valence-electron chi connectivity index (χ4n) is 3.68. The van der Waals surface area contributed by atoms with Gasteiger partial charge in [0.15, 0.2) is 0 Å². The van der Waals surface area contributed by atoms with E-state index >= 15 is 0 Å². The SMILES string of the molecule is NC(=O)c1nc(Nc2ccnc3ccc(F)cc23)ccc1-c1cccc(Nc2ccncc2)c1. The van der Waals surface area contributed by atoms with Gasteiger partial charge >= 0.3 is 0 Å². The average Bonchev–Trinajstić information content (AvgIpc) is 2.85. The van der Waals surface area contributed by atoms with Gasteiger partial charge < -0.3 is 16.4 Å². The van der Waals surface area contributed by atoms with Crippen LogP contribution in [0, 0.1) is 5.82 Å². The Kier molecular flexibility index (Phi) is 5.53. The Morgan fingerprint density at radius 2 is 1.71 bits per heavy atom. The largest absolute Gasteiger partial charge is 0.364 e. The van der Waals surface area contributed by atoms with Crippen LogP contribution in [-0.2, 0) is 0 Å². The molecular weight excluding hydrogens is 431 g/mol. The number of halogens is 1. The Morgan fingerprint density at radius 1 is 0.853 bits per heavy atom. The lowest BCUT2D eigenvalue weighted by Gasteiger charge is -2.13. The lowest BCUT2D eigenvalue weighted by Crippen LogP contribution is -2.15. The van der Waals surface area contributed by atoms with Gasteiger partial charge in [-0.25, -0.2) is 9.37 Å². The molecule has 4 N–H and O–H groups in total. The van der Waals surface area contributed by atoms with Crippen LogP contribution in [0.3, 0.4) is 0 Å². The van der Waals surface area contributed by atoms with Gasteiger partial charge in [-0.2, -0.15) is 0 Å². The third-order valence-electron chi connectivity index (χ3n) is 5.24. The Morgan fingerprint density at radius 3 is 2.53 bits per heavy atom. The average molecular weight is 450 g/mol. The van der Waals surface area contributed by atoms with E-state index in [1.54, 1.807) is 42.9 Å². The standard InChI is InChI=1S/C26H19FN6O/c27-17-4-6-22-21(15-17)23(10-13-30-22)32-24-7-5-20(25(33-24)26(28)34)16-2-1-3-19(14-16)31-18-8-11-29-12-9-18/h1-15H,(H2,28,34)(H,29,31)(H,30,32,33). The van der Waals surface area contributed by atoms with Crippen molar-refractivity contribution >= 4 is 39.7 Å². The first-order chi connectivity index (χ1) is 16.6. The van der Waals surface area contributed by atoms with E-state index in [-0.39, 0.29) is 11.5 Å². The van der Waals surface area contributed by atoms with Crippen molar-refractivity contribution in [1.29, 1.82) is 0 Å². The third-order valence-corrected chi connectivity index (χ3v) is 5.24. The van der Waals surface area contributed by atoms with Gasteiger partial charge in [0.2, 0.25) is 0 Å². The molecule has 0 aliphatic rings. The lowest BCUT2D eigenvalue weighted by molar-refractivity contribution is 0.0996. The maximum atomic E-state index is 13.8. The zero-order valence-electron chi connectivity index (χ0n) is 17.9. The molecule has 3 heterocycles. The zero-order valence-corrected chi connectivity index (χ0v) is 17.9. The number of aromatic nitrogens is 3. The molecule has 5 aromatic rings. The smallest absolute Gasteiger partial charge is 0.268 e. The van der Waals surface area contributed by atoms with Gasteiger partial charge in [-0.1, -0.05) is 12.1 Å². The Bertz CT molecular complexity index is 1510. The number of nitrogens with zero attached hydrogens (tertiary/aromatic N) is 3. The van der Waals surface area contributed by atoms with Crippen LogP contribution in [-0.4, -0.2) is 20.9 Å². The number of carbonyl (C=O) groups excluding carboxylic acids is 1. The predicted molar refractivity (Wildman–Crippen MR) is 131 cm³/mol. The second-order valence-corrected chi connectivity index (χ2v) is 7.54. The molecule has 166 valence electrons. The highest BCUT2D eigenvalue weighted by Crippen LogP contribution is 2.30. The first-order valence-corrected chi connectivity index (χ1v) is 10.5. The number of nitrogens with one attached hydrogen (secondary N) is 2. The number of pyridine rings is 3. The topological polar surface area (TPSA) is 106 Å². The van der Waals surface area contributed by atoms with E-state index < -0.39 is 5.91 Å². The van der Waals surface area contributed by atoms with Crippen molar-refractivity contribution in [2.24, 2.45) is 5.73 Å². The molecule has 0 fully saturated rings. The fraction of sp³-hybridized carbons (Fsp3) is 0. The van der Waals surface area contributed by atoms with Crippen LogP contribution in [0.1, 0.15) is 10.5 Å². The summed E-state index contributed by atoms with van der Waals surface area (Å²) in [5, 5.41) is 7.05. The number of primary amides is 1. The first kappa shape index (κ1) is 21.0. The molecule has 0 bridgehead atoms. The highest BCUT2D eigenvalue weighted by atomic mass is 19.1. The molecule has 0 aliphatic carbocycles. The summed E-state index contributed by atoms with van der Waals surface area (Å²) in [6.07, 6.45) is 5.02. The van der Waals surface area contributed by atoms with Crippen LogP contribution in [0.25, 0.3) is 22.0 Å². The minimum absolute atomic E-state index is 0.121. The summed E-state index contributed by atoms with van der Waals surface area (Å²) < 4.78 is 13.8. The number of rotatable bonds is 6. The van der Waals surface area contributed by atoms with Crippen molar-refractivity contribution in [2.45, 2.75) is 0 Å². The van der Waals surface area contributed by atoms with Crippen LogP contribution in [0.4, 0.5) is 27.3 Å². The molecule has 0 saturated carbocycles. The van der Waals surface area contributed by atoms with E-state index in [0.717, 1.165) is 16.9 Å². The molecule has 1 amide bonds. The van der Waals surface area contributed by atoms with Crippen molar-refractivity contribution in [1.82, 2.24) is 15.0 Å². The maximum absolute atomic E-state index is 13.8. The van der Waals surface area contributed by atoms with Crippen molar-refractivity contribution in [3.63, 3.8) is 0 Å². The van der Waals surface area contributed by atoms with Crippen LogP contribution in [0.15, 0.2) is 91.4 Å². The van der Waals surface area contributed by atoms with Gasteiger partial charge in [0, 0.05) is 40.9 Å². The number of fused-ring (bicyclic) bond motifs is 1. The van der Waals surface area contributed by atoms with Crippen molar-refractivity contribution < 1.29 is 9.18 Å². The van der Waals surface area contributed by atoms with E-state index in [0.29, 0.717) is 28.0 Å². The molecule has 2 aromatic carbocycles. The van der Waals surface area contributed by atoms with Gasteiger partial charge in [-0.3, -0.25) is 14.8 Å². The summed E-state index contributed by atoms with van der Waals surface area (Å²) in [6, 6.07) is 20.9. The minimum Gasteiger partial charge on any atom is -0.364 e. The second kappa shape index (κ2) is 8.95. The molecule has 3 aromatic heterocycles. The number of anilines is 4. The van der Waals surface area contributed by atoms with Gasteiger partial charge in [-0.05, 0) is 66.2 Å². The number of benzene rings is 2. The van der Waals surface area contributed by atoms with Crippen molar-refractivity contribution in [3.05, 3.63) is 103 Å². The summed E-state index contributed by atoms with van der Waals surface area (Å²) in [4.78, 5) is 25.0. The highest BCUT2D eigenvalue weighted by Gasteiger charge is 2.14. The van der Waals surface area contributed by atoms with Gasteiger partial charge in [-0.15, -0.1) is 0 Å². The number of nitrogens with two attached hydrogens (primary N) is 1. The fourth-order valence-corrected chi connectivity index (χ4v) is 3.68. The van der Waals surface area contributed by atoms with Crippen LogP contribution < -0.4 is 16.4 Å². The molecule has 0 spiro atoms. The Hall–Kier alpha value is -4.85. The van der Waals surface area contributed by atoms with Gasteiger partial charge in [0.05, 0.1) is 11.2 Å². The lowest BCUT2D eigenvalue weighted by atomic mass is 10.0. The zero-order chi connectivity index (χ0) is 23.5. The Labute approximate surface area is 194 Å². The summed E-state index contributed by atoms with van der Waals surface area (Å²) >= 11 is 0. The van der Waals surface area contributed by atoms with Crippen molar-refractivity contribution in [3.8, 4) is 11.1 Å². The Balaban J connectivity index is 1.49. The third kappa shape index (κ3) is 4.37. The number of amides is 1. The summed E-state index contributed by atoms with van der Waals surface area (Å²) in [7, 11) is 0. The molecule has 34 heavy (non-hydrogen) atoms. The predicted octanol–water partition coefficient (Wildman–Crippen LogP) is 5.42. The summed E-state index contributed by atoms with van der Waals surface area (Å²) in [5.41, 5.74) is 10.2. The minimum atomic E-state index is -0.656. The molecule has 0 unspecified atom stereocenters. The second-order valence-electron chi connectivity index (χ2n) is 7.54. The van der Waals surface area contributed by atoms with Crippen LogP contribution >= 0.6 is 0 Å². The molecular formula is C26H19FN6O. The van der Waals surface area contributed by atoms with E-state index in [2.05, 4.69) is 25.6 Å². The normalized spacial score (nSPS) is 10.7. The van der Waals surface area contributed by atoms with E-state index in [4.69, 9.17) is 5.73 Å². The number of carbonyl (C=O) groups is 1. The molecule has 7 nitrogen and oxygen atoms in total. The van der Waals surface area contributed by atoms with E-state index in [1.807, 2.05) is 36.4 Å². The van der Waals surface area contributed by atoms with E-state index in [1.165, 1.54) is 12.1 Å². The summed E-state index contributed by atoms with van der Waals surface area (Å²) in [6.45, 7) is 0. The quantitative estimate of drug-likeness (QED) is 0.319. The molecule has 0 atom stereocenters. The highest BCUT2D eigenvalue weighted by molar-refractivity contribution is 5.99. The van der Waals surface area contributed by atoms with Gasteiger partial charge in [0.25, 0.3) is 5.91 Å². The monoisotopic (exact) mass is 450 g/mol. The molecule has 0 aliphatic heterocycles. The number of hydrogen-bond donors (Lipinski definition) is 3. The molecule has 5 rings (SSSR count). The number of hydrogen-bond acceptors (Lipinski definition) is 6. The van der Waals surface area contributed by atoms with Crippen molar-refractivity contribution in [2.75, 3.05) is 10.6 Å². The maximum Gasteiger partial charge on any atom is 0.268 e. The molecule has 0 radical (unpaired) electrons. The van der Waals surface area contributed by atoms with Crippen LogP contribution in [0.2, 0.25) is 0 Å². The van der Waals surface area contributed by atoms with Crippen LogP contribution in [0.5, 0.6) is 0 Å². The molecule has 0 saturated heterocycles. The van der Waals surface area contributed by atoms with E-state index in [9.17, 15) is 9.18 Å². The van der Waals surface area contributed by atoms with Gasteiger partial charge in [0.1, 0.15) is 17.3 Å².